The average Bonchev–Trinajstić information content (AvgIpc) is 3.51. The van der Waals surface area contributed by atoms with E-state index in [0.717, 1.165) is 59.0 Å². The Balaban J connectivity index is 1.68. The van der Waals surface area contributed by atoms with E-state index >= 15 is 0 Å². The highest BCUT2D eigenvalue weighted by Gasteiger charge is 2.23. The molecule has 8 heteroatoms. The molecule has 3 N–H and O–H groups in total. The number of aliphatic carboxylic acids is 1. The van der Waals surface area contributed by atoms with E-state index in [2.05, 4.69) is 43.9 Å². The number of anilines is 1. The molecule has 35 heavy (non-hydrogen) atoms. The number of hydrogen-bond donors (Lipinski definition) is 3. The number of benzene rings is 2. The largest absolute Gasteiger partial charge is 0.481 e. The number of likely N-dealkylation sites (tertiary alicyclic amines) is 1. The van der Waals surface area contributed by atoms with Crippen molar-refractivity contribution in [3.8, 4) is 0 Å². The van der Waals surface area contributed by atoms with Crippen LogP contribution in [0.5, 0.6) is 0 Å². The maximum Gasteiger partial charge on any atom is 0.304 e. The molecule has 3 aromatic rings. The van der Waals surface area contributed by atoms with Crippen molar-refractivity contribution in [2.45, 2.75) is 52.1 Å². The maximum atomic E-state index is 11.9. The summed E-state index contributed by atoms with van der Waals surface area (Å²) < 4.78 is 2.20. The summed E-state index contributed by atoms with van der Waals surface area (Å²) in [5, 5.41) is 16.5. The number of aryl methyl sites for hydroxylation is 1. The van der Waals surface area contributed by atoms with E-state index < -0.39 is 5.97 Å². The first kappa shape index (κ1) is 24.6. The molecule has 184 valence electrons. The monoisotopic (exact) mass is 474 g/mol. The molecule has 0 saturated carbocycles. The van der Waals surface area contributed by atoms with E-state index in [1.807, 2.05) is 37.5 Å². The third-order valence-electron chi connectivity index (χ3n) is 7.09. The van der Waals surface area contributed by atoms with Crippen LogP contribution in [0.4, 0.5) is 11.4 Å². The minimum atomic E-state index is -0.860. The second-order valence-corrected chi connectivity index (χ2v) is 9.33. The van der Waals surface area contributed by atoms with Gasteiger partial charge < -0.3 is 15.0 Å². The van der Waals surface area contributed by atoms with Gasteiger partial charge in [-0.05, 0) is 73.7 Å². The van der Waals surface area contributed by atoms with Gasteiger partial charge in [-0.1, -0.05) is 24.3 Å². The standard InChI is InChI=1S/C27H34N6O2/c1-18-6-7-20(14-21(18)16-33-13-10-30-25(33)17-32-11-4-5-12-32)23(15-26(34)35)22-8-9-24(29-3)27(31-28)19(22)2/h6-10,13-14,23,28-29H,4-5,11-12,15-17H2,1-3H3,(H,34,35). The third kappa shape index (κ3) is 5.43. The summed E-state index contributed by atoms with van der Waals surface area (Å²) in [6.07, 6.45) is 6.34. The Morgan fingerprint density at radius 1 is 1.20 bits per heavy atom. The summed E-state index contributed by atoms with van der Waals surface area (Å²) in [6.45, 7) is 7.78. The fraction of sp³-hybridized carbons (Fsp3) is 0.407. The number of rotatable bonds is 10. The highest BCUT2D eigenvalue weighted by molar-refractivity contribution is 5.73. The zero-order valence-corrected chi connectivity index (χ0v) is 20.7. The number of carboxylic acids is 1. The van der Waals surface area contributed by atoms with Gasteiger partial charge in [0.25, 0.3) is 0 Å². The van der Waals surface area contributed by atoms with Crippen molar-refractivity contribution in [2.75, 3.05) is 25.5 Å². The van der Waals surface area contributed by atoms with Crippen LogP contribution in [-0.2, 0) is 17.9 Å². The predicted octanol–water partition coefficient (Wildman–Crippen LogP) is 5.45. The van der Waals surface area contributed by atoms with Crippen LogP contribution in [-0.4, -0.2) is 45.7 Å². The number of aromatic nitrogens is 2. The third-order valence-corrected chi connectivity index (χ3v) is 7.09. The second kappa shape index (κ2) is 10.8. The lowest BCUT2D eigenvalue weighted by Gasteiger charge is -2.22. The summed E-state index contributed by atoms with van der Waals surface area (Å²) in [6, 6.07) is 10.0. The molecule has 1 aromatic heterocycles. The molecule has 4 rings (SSSR count). The Kier molecular flexibility index (Phi) is 7.60. The van der Waals surface area contributed by atoms with Gasteiger partial charge in [-0.3, -0.25) is 9.69 Å². The van der Waals surface area contributed by atoms with Gasteiger partial charge in [-0.25, -0.2) is 10.5 Å². The van der Waals surface area contributed by atoms with Crippen molar-refractivity contribution < 1.29 is 9.90 Å². The SMILES string of the molecule is CNc1ccc(C(CC(=O)O)c2ccc(C)c(Cn3ccnc3CN3CCCC3)c2)c(C)c1N=N. The van der Waals surface area contributed by atoms with Gasteiger partial charge in [0, 0.05) is 31.9 Å². The predicted molar refractivity (Wildman–Crippen MR) is 137 cm³/mol. The summed E-state index contributed by atoms with van der Waals surface area (Å²) >= 11 is 0. The van der Waals surface area contributed by atoms with Crippen molar-refractivity contribution in [2.24, 2.45) is 5.11 Å². The molecule has 0 radical (unpaired) electrons. The molecule has 1 aliphatic rings. The molecule has 1 aliphatic heterocycles. The average molecular weight is 475 g/mol. The van der Waals surface area contributed by atoms with Crippen LogP contribution in [0.2, 0.25) is 0 Å². The molecule has 1 saturated heterocycles. The summed E-state index contributed by atoms with van der Waals surface area (Å²) in [7, 11) is 1.79. The summed E-state index contributed by atoms with van der Waals surface area (Å²) in [4.78, 5) is 18.9. The zero-order chi connectivity index (χ0) is 24.9. The van der Waals surface area contributed by atoms with Crippen LogP contribution in [0.1, 0.15) is 58.8 Å². The van der Waals surface area contributed by atoms with Gasteiger partial charge in [-0.15, -0.1) is 0 Å². The number of imidazole rings is 1. The highest BCUT2D eigenvalue weighted by Crippen LogP contribution is 2.38. The number of nitrogens with one attached hydrogen (secondary N) is 2. The van der Waals surface area contributed by atoms with Crippen LogP contribution >= 0.6 is 0 Å². The smallest absolute Gasteiger partial charge is 0.304 e. The molecule has 0 amide bonds. The van der Waals surface area contributed by atoms with Crippen molar-refractivity contribution in [1.82, 2.24) is 14.5 Å². The Labute approximate surface area is 206 Å². The molecule has 2 aromatic carbocycles. The molecule has 0 bridgehead atoms. The van der Waals surface area contributed by atoms with E-state index in [9.17, 15) is 9.90 Å². The zero-order valence-electron chi connectivity index (χ0n) is 20.7. The van der Waals surface area contributed by atoms with Gasteiger partial charge >= 0.3 is 5.97 Å². The van der Waals surface area contributed by atoms with Gasteiger partial charge in [0.05, 0.1) is 18.7 Å². The van der Waals surface area contributed by atoms with Crippen LogP contribution in [0.3, 0.4) is 0 Å². The summed E-state index contributed by atoms with van der Waals surface area (Å²) in [5.41, 5.74) is 13.9. The normalized spacial score (nSPS) is 14.7. The molecule has 2 heterocycles. The lowest BCUT2D eigenvalue weighted by Crippen LogP contribution is -2.21. The van der Waals surface area contributed by atoms with E-state index in [0.29, 0.717) is 12.2 Å². The number of hydrogen-bond acceptors (Lipinski definition) is 6. The van der Waals surface area contributed by atoms with Gasteiger partial charge in [0.15, 0.2) is 0 Å². The van der Waals surface area contributed by atoms with E-state index in [1.165, 1.54) is 12.8 Å². The minimum absolute atomic E-state index is 0.0367. The van der Waals surface area contributed by atoms with Crippen molar-refractivity contribution in [3.05, 3.63) is 76.4 Å². The minimum Gasteiger partial charge on any atom is -0.481 e. The molecule has 8 nitrogen and oxygen atoms in total. The maximum absolute atomic E-state index is 11.9. The Morgan fingerprint density at radius 3 is 2.66 bits per heavy atom. The van der Waals surface area contributed by atoms with Crippen molar-refractivity contribution in [3.63, 3.8) is 0 Å². The molecular weight excluding hydrogens is 440 g/mol. The number of carboxylic acid groups (broad SMARTS) is 1. The number of carbonyl (C=O) groups is 1. The second-order valence-electron chi connectivity index (χ2n) is 9.33. The molecule has 1 atom stereocenters. The molecule has 1 unspecified atom stereocenters. The van der Waals surface area contributed by atoms with E-state index in [4.69, 9.17) is 5.53 Å². The lowest BCUT2D eigenvalue weighted by molar-refractivity contribution is -0.137. The van der Waals surface area contributed by atoms with Crippen LogP contribution in [0.25, 0.3) is 0 Å². The highest BCUT2D eigenvalue weighted by atomic mass is 16.4. The van der Waals surface area contributed by atoms with Gasteiger partial charge in [0.1, 0.15) is 11.5 Å². The molecule has 0 spiro atoms. The van der Waals surface area contributed by atoms with Crippen LogP contribution < -0.4 is 5.32 Å². The van der Waals surface area contributed by atoms with Gasteiger partial charge in [0.2, 0.25) is 0 Å². The first-order valence-corrected chi connectivity index (χ1v) is 12.1. The Hall–Kier alpha value is -3.52. The summed E-state index contributed by atoms with van der Waals surface area (Å²) in [5.74, 6) is -0.148. The first-order chi connectivity index (χ1) is 16.9. The lowest BCUT2D eigenvalue weighted by atomic mass is 9.84. The van der Waals surface area contributed by atoms with E-state index in [-0.39, 0.29) is 12.3 Å². The quantitative estimate of drug-likeness (QED) is 0.339. The topological polar surface area (TPSA) is 107 Å². The first-order valence-electron chi connectivity index (χ1n) is 12.1. The van der Waals surface area contributed by atoms with Gasteiger partial charge in [-0.2, -0.15) is 5.11 Å². The number of nitrogens with zero attached hydrogens (tertiary/aromatic N) is 4. The fourth-order valence-corrected chi connectivity index (χ4v) is 5.06. The fourth-order valence-electron chi connectivity index (χ4n) is 5.06. The van der Waals surface area contributed by atoms with Crippen molar-refractivity contribution >= 4 is 17.3 Å². The molecular formula is C27H34N6O2. The van der Waals surface area contributed by atoms with E-state index in [1.54, 1.807) is 7.05 Å². The van der Waals surface area contributed by atoms with Crippen LogP contribution in [0.15, 0.2) is 47.8 Å². The Bertz CT molecular complexity index is 1210. The van der Waals surface area contributed by atoms with Crippen LogP contribution in [0, 0.1) is 19.4 Å². The molecule has 1 fully saturated rings. The molecule has 0 aliphatic carbocycles. The Morgan fingerprint density at radius 2 is 1.97 bits per heavy atom. The van der Waals surface area contributed by atoms with Crippen molar-refractivity contribution in [1.29, 1.82) is 5.53 Å².